The average Bonchev–Trinajstić information content (AvgIpc) is 2.71. The average molecular weight is 224 g/mol. The number of hydrogen-bond donors (Lipinski definition) is 1. The van der Waals surface area contributed by atoms with Gasteiger partial charge in [0, 0.05) is 13.0 Å². The van der Waals surface area contributed by atoms with Crippen LogP contribution in [0.25, 0.3) is 0 Å². The van der Waals surface area contributed by atoms with Crippen molar-refractivity contribution in [3.8, 4) is 0 Å². The predicted octanol–water partition coefficient (Wildman–Crippen LogP) is 2.11. The molecule has 0 radical (unpaired) electrons. The van der Waals surface area contributed by atoms with E-state index in [0.29, 0.717) is 12.3 Å². The third kappa shape index (κ3) is 2.40. The maximum absolute atomic E-state index is 11.7. The summed E-state index contributed by atoms with van der Waals surface area (Å²) < 4.78 is 0. The quantitative estimate of drug-likeness (QED) is 0.781. The molecule has 0 spiro atoms. The van der Waals surface area contributed by atoms with Crippen molar-refractivity contribution < 1.29 is 4.79 Å². The van der Waals surface area contributed by atoms with E-state index >= 15 is 0 Å². The molecule has 1 aliphatic carbocycles. The van der Waals surface area contributed by atoms with E-state index in [1.807, 2.05) is 11.8 Å². The summed E-state index contributed by atoms with van der Waals surface area (Å²) in [5.74, 6) is 1.73. The minimum absolute atomic E-state index is 0.0145. The Bertz CT molecular complexity index is 248. The minimum atomic E-state index is -0.0145. The molecule has 1 amide bonds. The van der Waals surface area contributed by atoms with Crippen LogP contribution < -0.4 is 5.73 Å². The lowest BCUT2D eigenvalue weighted by atomic mass is 9.79. The van der Waals surface area contributed by atoms with Crippen LogP contribution in [0.3, 0.4) is 0 Å². The zero-order chi connectivity index (χ0) is 11.5. The summed E-state index contributed by atoms with van der Waals surface area (Å²) in [7, 11) is 0. The molecule has 2 fully saturated rings. The van der Waals surface area contributed by atoms with Gasteiger partial charge in [-0.25, -0.2) is 0 Å². The highest BCUT2D eigenvalue weighted by Gasteiger charge is 2.36. The first-order valence-electron chi connectivity index (χ1n) is 6.77. The van der Waals surface area contributed by atoms with E-state index in [9.17, 15) is 4.79 Å². The molecule has 2 atom stereocenters. The van der Waals surface area contributed by atoms with Crippen molar-refractivity contribution in [2.24, 2.45) is 17.6 Å². The van der Waals surface area contributed by atoms with Gasteiger partial charge in [0.1, 0.15) is 0 Å². The van der Waals surface area contributed by atoms with E-state index in [-0.39, 0.29) is 12.1 Å². The number of amides is 1. The molecule has 1 heterocycles. The van der Waals surface area contributed by atoms with Crippen LogP contribution in [-0.2, 0) is 4.79 Å². The fraction of sp³-hybridized carbons (Fsp3) is 0.923. The van der Waals surface area contributed by atoms with Gasteiger partial charge < -0.3 is 10.6 Å². The van der Waals surface area contributed by atoms with Crippen molar-refractivity contribution in [1.29, 1.82) is 0 Å². The first kappa shape index (κ1) is 11.9. The van der Waals surface area contributed by atoms with E-state index in [2.05, 4.69) is 0 Å². The van der Waals surface area contributed by atoms with Crippen molar-refractivity contribution in [3.05, 3.63) is 0 Å². The van der Waals surface area contributed by atoms with Gasteiger partial charge in [-0.15, -0.1) is 0 Å². The fourth-order valence-electron chi connectivity index (χ4n) is 3.34. The number of carbonyl (C=O) groups excluding carboxylic acids is 1. The topological polar surface area (TPSA) is 46.3 Å². The van der Waals surface area contributed by atoms with Crippen LogP contribution in [-0.4, -0.2) is 23.5 Å². The van der Waals surface area contributed by atoms with Crippen LogP contribution in [0.15, 0.2) is 0 Å². The first-order valence-corrected chi connectivity index (χ1v) is 6.77. The van der Waals surface area contributed by atoms with Crippen molar-refractivity contribution in [3.63, 3.8) is 0 Å². The molecular formula is C13H24N2O. The Morgan fingerprint density at radius 1 is 1.25 bits per heavy atom. The second-order valence-corrected chi connectivity index (χ2v) is 5.36. The van der Waals surface area contributed by atoms with E-state index < -0.39 is 0 Å². The van der Waals surface area contributed by atoms with Gasteiger partial charge in [0.15, 0.2) is 0 Å². The Morgan fingerprint density at radius 2 is 1.94 bits per heavy atom. The highest BCUT2D eigenvalue weighted by molar-refractivity contribution is 5.76. The molecule has 1 aliphatic heterocycles. The van der Waals surface area contributed by atoms with Gasteiger partial charge in [0.05, 0.1) is 6.17 Å². The lowest BCUT2D eigenvalue weighted by Crippen LogP contribution is -2.40. The number of carbonyl (C=O) groups is 1. The zero-order valence-corrected chi connectivity index (χ0v) is 10.3. The SMILES string of the molecule is CCC(=O)N1CC(C2CCCCC2)CC1N. The molecule has 0 aromatic carbocycles. The summed E-state index contributed by atoms with van der Waals surface area (Å²) in [5, 5.41) is 0. The summed E-state index contributed by atoms with van der Waals surface area (Å²) >= 11 is 0. The Morgan fingerprint density at radius 3 is 2.56 bits per heavy atom. The lowest BCUT2D eigenvalue weighted by molar-refractivity contribution is -0.131. The van der Waals surface area contributed by atoms with Crippen molar-refractivity contribution >= 4 is 5.91 Å². The van der Waals surface area contributed by atoms with E-state index in [1.165, 1.54) is 32.1 Å². The van der Waals surface area contributed by atoms with Gasteiger partial charge >= 0.3 is 0 Å². The summed E-state index contributed by atoms with van der Waals surface area (Å²) in [4.78, 5) is 13.6. The monoisotopic (exact) mass is 224 g/mol. The fourth-order valence-corrected chi connectivity index (χ4v) is 3.34. The predicted molar refractivity (Wildman–Crippen MR) is 64.7 cm³/mol. The number of nitrogens with zero attached hydrogens (tertiary/aromatic N) is 1. The van der Waals surface area contributed by atoms with Gasteiger partial charge in [-0.3, -0.25) is 4.79 Å². The molecule has 1 saturated carbocycles. The summed E-state index contributed by atoms with van der Waals surface area (Å²) in [6.07, 6.45) is 8.45. The van der Waals surface area contributed by atoms with Gasteiger partial charge in [-0.2, -0.15) is 0 Å². The molecule has 2 aliphatic rings. The maximum Gasteiger partial charge on any atom is 0.223 e. The molecule has 2 rings (SSSR count). The Kier molecular flexibility index (Phi) is 3.85. The van der Waals surface area contributed by atoms with E-state index in [0.717, 1.165) is 18.9 Å². The van der Waals surface area contributed by atoms with Crippen molar-refractivity contribution in [2.45, 2.75) is 58.0 Å². The molecule has 0 aromatic heterocycles. The molecule has 3 nitrogen and oxygen atoms in total. The molecule has 92 valence electrons. The Balaban J connectivity index is 1.92. The molecule has 0 bridgehead atoms. The highest BCUT2D eigenvalue weighted by Crippen LogP contribution is 2.36. The van der Waals surface area contributed by atoms with Crippen LogP contribution in [0, 0.1) is 11.8 Å². The van der Waals surface area contributed by atoms with Crippen LogP contribution in [0.1, 0.15) is 51.9 Å². The summed E-state index contributed by atoms with van der Waals surface area (Å²) in [6.45, 7) is 2.83. The normalized spacial score (nSPS) is 32.0. The van der Waals surface area contributed by atoms with Crippen LogP contribution in [0.4, 0.5) is 0 Å². The number of hydrogen-bond acceptors (Lipinski definition) is 2. The largest absolute Gasteiger partial charge is 0.327 e. The van der Waals surface area contributed by atoms with Gasteiger partial charge in [0.2, 0.25) is 5.91 Å². The van der Waals surface area contributed by atoms with Gasteiger partial charge in [-0.1, -0.05) is 39.0 Å². The second kappa shape index (κ2) is 5.17. The smallest absolute Gasteiger partial charge is 0.223 e. The minimum Gasteiger partial charge on any atom is -0.327 e. The summed E-state index contributed by atoms with van der Waals surface area (Å²) in [5.41, 5.74) is 6.06. The second-order valence-electron chi connectivity index (χ2n) is 5.36. The summed E-state index contributed by atoms with van der Waals surface area (Å²) in [6, 6.07) is 0. The van der Waals surface area contributed by atoms with Gasteiger partial charge in [0.25, 0.3) is 0 Å². The Labute approximate surface area is 98.4 Å². The third-order valence-electron chi connectivity index (χ3n) is 4.32. The first-order chi connectivity index (χ1) is 7.72. The Hall–Kier alpha value is -0.570. The lowest BCUT2D eigenvalue weighted by Gasteiger charge is -2.27. The number of likely N-dealkylation sites (tertiary alicyclic amines) is 1. The van der Waals surface area contributed by atoms with Crippen LogP contribution in [0.2, 0.25) is 0 Å². The van der Waals surface area contributed by atoms with Crippen LogP contribution in [0.5, 0.6) is 0 Å². The van der Waals surface area contributed by atoms with E-state index in [4.69, 9.17) is 5.73 Å². The van der Waals surface area contributed by atoms with Crippen molar-refractivity contribution in [1.82, 2.24) is 4.90 Å². The zero-order valence-electron chi connectivity index (χ0n) is 10.3. The molecule has 2 N–H and O–H groups in total. The molecule has 2 unspecified atom stereocenters. The highest BCUT2D eigenvalue weighted by atomic mass is 16.2. The van der Waals surface area contributed by atoms with Crippen LogP contribution >= 0.6 is 0 Å². The van der Waals surface area contributed by atoms with Gasteiger partial charge in [-0.05, 0) is 18.3 Å². The molecular weight excluding hydrogens is 200 g/mol. The molecule has 1 saturated heterocycles. The van der Waals surface area contributed by atoms with Crippen molar-refractivity contribution in [2.75, 3.05) is 6.54 Å². The maximum atomic E-state index is 11.7. The number of rotatable bonds is 2. The molecule has 3 heteroatoms. The molecule has 16 heavy (non-hydrogen) atoms. The van der Waals surface area contributed by atoms with E-state index in [1.54, 1.807) is 0 Å². The third-order valence-corrected chi connectivity index (χ3v) is 4.32. The standard InChI is InChI=1S/C13H24N2O/c1-2-13(16)15-9-11(8-12(15)14)10-6-4-3-5-7-10/h10-12H,2-9,14H2,1H3. The molecule has 0 aromatic rings. The number of nitrogens with two attached hydrogens (primary N) is 1.